The van der Waals surface area contributed by atoms with Crippen molar-refractivity contribution in [1.82, 2.24) is 15.1 Å². The number of halogens is 1. The van der Waals surface area contributed by atoms with Crippen molar-refractivity contribution in [3.05, 3.63) is 86.1 Å². The number of aromatic amines is 2. The third-order valence-electron chi connectivity index (χ3n) is 5.02. The summed E-state index contributed by atoms with van der Waals surface area (Å²) in [5.74, 6) is -1.17. The number of nitrogens with zero attached hydrogens (tertiary/aromatic N) is 1. The zero-order valence-electron chi connectivity index (χ0n) is 17.3. The largest absolute Gasteiger partial charge is 0.439 e. The fourth-order valence-electron chi connectivity index (χ4n) is 3.51. The molecule has 0 saturated heterocycles. The Hall–Kier alpha value is -4.15. The molecular weight excluding hydrogens is 478 g/mol. The summed E-state index contributed by atoms with van der Waals surface area (Å²) < 4.78 is 4.56. The van der Waals surface area contributed by atoms with Crippen LogP contribution in [0.5, 0.6) is 0 Å². The van der Waals surface area contributed by atoms with Gasteiger partial charge in [0, 0.05) is 20.8 Å². The van der Waals surface area contributed by atoms with E-state index in [0.29, 0.717) is 27.5 Å². The number of hydrogen-bond acceptors (Lipinski definition) is 6. The van der Waals surface area contributed by atoms with E-state index in [1.165, 1.54) is 11.3 Å². The van der Waals surface area contributed by atoms with Crippen LogP contribution < -0.4 is 16.4 Å². The van der Waals surface area contributed by atoms with E-state index in [1.54, 1.807) is 36.4 Å². The fourth-order valence-corrected chi connectivity index (χ4v) is 4.38. The number of carbonyl (C=O) groups is 2. The van der Waals surface area contributed by atoms with Gasteiger partial charge >= 0.3 is 5.76 Å². The van der Waals surface area contributed by atoms with Crippen LogP contribution in [-0.2, 0) is 11.2 Å². The summed E-state index contributed by atoms with van der Waals surface area (Å²) in [5.41, 5.74) is 2.26. The minimum Gasteiger partial charge on any atom is -0.349 e. The number of anilines is 2. The summed E-state index contributed by atoms with van der Waals surface area (Å²) in [4.78, 5) is 43.3. The Morgan fingerprint density at radius 1 is 1.03 bits per heavy atom. The first-order valence-electron chi connectivity index (χ1n) is 10.1. The van der Waals surface area contributed by atoms with E-state index in [0.717, 1.165) is 10.3 Å². The molecule has 0 spiro atoms. The van der Waals surface area contributed by atoms with Crippen LogP contribution in [0.4, 0.5) is 11.4 Å². The van der Waals surface area contributed by atoms with Gasteiger partial charge in [-0.2, -0.15) is 0 Å². The molecule has 0 unspecified atom stereocenters. The van der Waals surface area contributed by atoms with Gasteiger partial charge in [0.1, 0.15) is 5.69 Å². The minimum absolute atomic E-state index is 0.134. The number of amides is 2. The molecule has 3 aromatic heterocycles. The summed E-state index contributed by atoms with van der Waals surface area (Å²) >= 11 is 7.60. The lowest BCUT2D eigenvalue weighted by Crippen LogP contribution is -2.14. The predicted molar refractivity (Wildman–Crippen MR) is 130 cm³/mol. The lowest BCUT2D eigenvalue weighted by molar-refractivity contribution is -0.115. The lowest BCUT2D eigenvalue weighted by Gasteiger charge is -2.09. The predicted octanol–water partition coefficient (Wildman–Crippen LogP) is 4.66. The number of carbonyl (C=O) groups excluding carboxylic acids is 2. The Kier molecular flexibility index (Phi) is 5.74. The van der Waals surface area contributed by atoms with E-state index in [4.69, 9.17) is 11.6 Å². The Balaban J connectivity index is 1.40. The first-order chi connectivity index (χ1) is 16.5. The van der Waals surface area contributed by atoms with Crippen molar-refractivity contribution in [2.45, 2.75) is 6.42 Å². The van der Waals surface area contributed by atoms with E-state index in [-0.39, 0.29) is 23.8 Å². The van der Waals surface area contributed by atoms with Gasteiger partial charge in [-0.05, 0) is 41.8 Å². The molecule has 2 aromatic carbocycles. The van der Waals surface area contributed by atoms with Crippen LogP contribution in [0.15, 0.2) is 69.3 Å². The molecule has 0 bridgehead atoms. The fraction of sp³-hybridized carbons (Fsp3) is 0.0435. The van der Waals surface area contributed by atoms with E-state index >= 15 is 0 Å². The van der Waals surface area contributed by atoms with Gasteiger partial charge in [-0.1, -0.05) is 35.0 Å². The number of nitrogens with one attached hydrogen (secondary N) is 4. The second-order valence-corrected chi connectivity index (χ2v) is 8.81. The topological polar surface area (TPSA) is 133 Å². The molecule has 0 atom stereocenters. The van der Waals surface area contributed by atoms with Gasteiger partial charge in [0.25, 0.3) is 5.91 Å². The molecule has 0 fully saturated rings. The van der Waals surface area contributed by atoms with Gasteiger partial charge in [0.05, 0.1) is 23.3 Å². The van der Waals surface area contributed by atoms with E-state index < -0.39 is 11.7 Å². The molecule has 11 heteroatoms. The minimum atomic E-state index is -0.725. The highest BCUT2D eigenvalue weighted by Gasteiger charge is 2.17. The molecular formula is C23H16ClN5O4S. The third-order valence-corrected chi connectivity index (χ3v) is 6.13. The Labute approximate surface area is 200 Å². The van der Waals surface area contributed by atoms with E-state index in [9.17, 15) is 14.4 Å². The van der Waals surface area contributed by atoms with Gasteiger partial charge in [0.2, 0.25) is 5.91 Å². The van der Waals surface area contributed by atoms with Crippen LogP contribution in [0.25, 0.3) is 22.3 Å². The maximum Gasteiger partial charge on any atom is 0.439 e. The average Bonchev–Trinajstić information content (AvgIpc) is 3.56. The number of benzene rings is 2. The number of rotatable bonds is 6. The first-order valence-corrected chi connectivity index (χ1v) is 11.3. The van der Waals surface area contributed by atoms with E-state index in [2.05, 4.69) is 30.3 Å². The number of H-pyrrole nitrogens is 2. The second kappa shape index (κ2) is 9.00. The zero-order valence-corrected chi connectivity index (χ0v) is 18.9. The summed E-state index contributed by atoms with van der Waals surface area (Å²) in [6, 6.07) is 15.7. The number of para-hydroxylation sites is 1. The van der Waals surface area contributed by atoms with Gasteiger partial charge < -0.3 is 15.6 Å². The molecule has 2 amide bonds. The molecule has 9 nitrogen and oxygen atoms in total. The summed E-state index contributed by atoms with van der Waals surface area (Å²) in [6.07, 6.45) is 0.269. The lowest BCUT2D eigenvalue weighted by atomic mass is 10.1. The van der Waals surface area contributed by atoms with Crippen molar-refractivity contribution in [2.24, 2.45) is 0 Å². The highest BCUT2D eigenvalue weighted by atomic mass is 35.5. The molecule has 5 rings (SSSR count). The number of fused-ring (bicyclic) bond motifs is 1. The molecule has 0 aliphatic carbocycles. The molecule has 170 valence electrons. The molecule has 0 aliphatic heterocycles. The molecule has 0 radical (unpaired) electrons. The molecule has 0 aliphatic rings. The van der Waals surface area contributed by atoms with Crippen LogP contribution in [0.1, 0.15) is 15.4 Å². The van der Waals surface area contributed by atoms with E-state index in [1.807, 2.05) is 23.6 Å². The molecule has 5 aromatic rings. The van der Waals surface area contributed by atoms with Crippen molar-refractivity contribution in [3.63, 3.8) is 0 Å². The highest BCUT2D eigenvalue weighted by Crippen LogP contribution is 2.29. The van der Waals surface area contributed by atoms with Crippen LogP contribution >= 0.6 is 22.9 Å². The average molecular weight is 494 g/mol. The van der Waals surface area contributed by atoms with Crippen LogP contribution in [0.3, 0.4) is 0 Å². The Morgan fingerprint density at radius 3 is 2.68 bits per heavy atom. The van der Waals surface area contributed by atoms with Crippen LogP contribution in [-0.4, -0.2) is 26.9 Å². The van der Waals surface area contributed by atoms with Crippen molar-refractivity contribution < 1.29 is 14.1 Å². The smallest absolute Gasteiger partial charge is 0.349 e. The molecule has 0 saturated carbocycles. The van der Waals surface area contributed by atoms with Crippen LogP contribution in [0.2, 0.25) is 5.02 Å². The number of aromatic nitrogens is 3. The maximum absolute atomic E-state index is 13.0. The van der Waals surface area contributed by atoms with Gasteiger partial charge in [0.15, 0.2) is 5.82 Å². The second-order valence-electron chi connectivity index (χ2n) is 7.34. The van der Waals surface area contributed by atoms with Crippen molar-refractivity contribution in [3.8, 4) is 11.4 Å². The Morgan fingerprint density at radius 2 is 1.91 bits per heavy atom. The van der Waals surface area contributed by atoms with Crippen molar-refractivity contribution >= 4 is 57.0 Å². The Bertz CT molecular complexity index is 1570. The van der Waals surface area contributed by atoms with Gasteiger partial charge in [-0.25, -0.2) is 4.79 Å². The summed E-state index contributed by atoms with van der Waals surface area (Å²) in [6.45, 7) is 0. The molecule has 34 heavy (non-hydrogen) atoms. The zero-order chi connectivity index (χ0) is 23.7. The molecule has 4 N–H and O–H groups in total. The van der Waals surface area contributed by atoms with Crippen LogP contribution in [0, 0.1) is 0 Å². The number of hydrogen-bond donors (Lipinski definition) is 4. The number of thiophene rings is 1. The van der Waals surface area contributed by atoms with Gasteiger partial charge in [-0.15, -0.1) is 11.3 Å². The van der Waals surface area contributed by atoms with Gasteiger partial charge in [-0.3, -0.25) is 19.1 Å². The SMILES string of the molecule is O=C(Cc1cccs1)Nc1cccc2cc(C(=O)Nc3ccc(Cl)cc3-c3noc(=O)[nH]3)[nH]c12. The summed E-state index contributed by atoms with van der Waals surface area (Å²) in [5, 5.41) is 12.4. The standard InChI is InChI=1S/C23H16ClN5O4S/c24-13-6-7-16(15(10-13)21-28-23(32)33-29-21)27-22(31)18-9-12-3-1-5-17(20(12)26-18)25-19(30)11-14-4-2-8-34-14/h1-10,26H,11H2,(H,25,30)(H,27,31)(H,28,29,32). The summed E-state index contributed by atoms with van der Waals surface area (Å²) in [7, 11) is 0. The maximum atomic E-state index is 13.0. The van der Waals surface area contributed by atoms with Crippen molar-refractivity contribution in [1.29, 1.82) is 0 Å². The normalized spacial score (nSPS) is 11.0. The van der Waals surface area contributed by atoms with Crippen molar-refractivity contribution in [2.75, 3.05) is 10.6 Å². The monoisotopic (exact) mass is 493 g/mol. The third kappa shape index (κ3) is 4.49. The first kappa shape index (κ1) is 21.7. The quantitative estimate of drug-likeness (QED) is 0.273. The molecule has 3 heterocycles. The highest BCUT2D eigenvalue weighted by molar-refractivity contribution is 7.10.